The number of hydrogen-bond acceptors (Lipinski definition) is 1. The molecule has 160 valence electrons. The molecule has 0 aliphatic heterocycles. The van der Waals surface area contributed by atoms with E-state index in [1.54, 1.807) is 12.1 Å². The van der Waals surface area contributed by atoms with Gasteiger partial charge < -0.3 is 5.11 Å². The summed E-state index contributed by atoms with van der Waals surface area (Å²) in [6, 6.07) is 5.36. The van der Waals surface area contributed by atoms with Gasteiger partial charge in [-0.15, -0.1) is 0 Å². The first-order chi connectivity index (χ1) is 13.6. The van der Waals surface area contributed by atoms with E-state index in [2.05, 4.69) is 6.92 Å². The Hall–Kier alpha value is -1.02. The molecule has 0 heterocycles. The highest BCUT2D eigenvalue weighted by molar-refractivity contribution is 6.33. The third-order valence-corrected chi connectivity index (χ3v) is 5.91. The van der Waals surface area contributed by atoms with Crippen molar-refractivity contribution in [3.05, 3.63) is 34.3 Å². The molecule has 2 nitrogen and oxygen atoms in total. The van der Waals surface area contributed by atoms with E-state index in [-0.39, 0.29) is 5.56 Å². The summed E-state index contributed by atoms with van der Waals surface area (Å²) in [5, 5.41) is 9.44. The van der Waals surface area contributed by atoms with Crippen LogP contribution in [0.15, 0.2) is 18.2 Å². The van der Waals surface area contributed by atoms with E-state index in [4.69, 9.17) is 16.7 Å². The van der Waals surface area contributed by atoms with E-state index in [9.17, 15) is 4.79 Å². The van der Waals surface area contributed by atoms with E-state index in [0.29, 0.717) is 5.02 Å². The van der Waals surface area contributed by atoms with E-state index in [1.165, 1.54) is 96.3 Å². The molecule has 1 aromatic rings. The molecule has 1 N–H and O–H groups in total. The van der Waals surface area contributed by atoms with Crippen LogP contribution in [0.5, 0.6) is 0 Å². The molecule has 0 aliphatic carbocycles. The minimum atomic E-state index is -0.946. The van der Waals surface area contributed by atoms with Gasteiger partial charge in [0.25, 0.3) is 0 Å². The van der Waals surface area contributed by atoms with Crippen LogP contribution in [0.1, 0.15) is 126 Å². The molecule has 0 saturated carbocycles. The third kappa shape index (κ3) is 12.4. The maximum absolute atomic E-state index is 11.1. The molecule has 1 aromatic carbocycles. The minimum absolute atomic E-state index is 0.218. The smallest absolute Gasteiger partial charge is 0.337 e. The second-order valence-electron chi connectivity index (χ2n) is 8.17. The molecule has 0 saturated heterocycles. The fraction of sp³-hybridized carbons (Fsp3) is 0.720. The van der Waals surface area contributed by atoms with Crippen LogP contribution in [-0.4, -0.2) is 11.1 Å². The number of benzene rings is 1. The summed E-state index contributed by atoms with van der Waals surface area (Å²) in [7, 11) is 0. The summed E-state index contributed by atoms with van der Waals surface area (Å²) in [6.45, 7) is 2.28. The van der Waals surface area contributed by atoms with Gasteiger partial charge in [0.15, 0.2) is 0 Å². The number of rotatable bonds is 18. The second-order valence-corrected chi connectivity index (χ2v) is 8.58. The molecule has 0 atom stereocenters. The van der Waals surface area contributed by atoms with Gasteiger partial charge in [0, 0.05) is 0 Å². The van der Waals surface area contributed by atoms with Gasteiger partial charge in [-0.1, -0.05) is 121 Å². The Kier molecular flexibility index (Phi) is 15.1. The molecule has 3 heteroatoms. The van der Waals surface area contributed by atoms with Crippen LogP contribution in [0.3, 0.4) is 0 Å². The monoisotopic (exact) mass is 408 g/mol. The van der Waals surface area contributed by atoms with Crippen molar-refractivity contribution in [2.45, 2.75) is 116 Å². The van der Waals surface area contributed by atoms with Crippen molar-refractivity contribution in [1.29, 1.82) is 0 Å². The van der Waals surface area contributed by atoms with Crippen LogP contribution in [0.2, 0.25) is 5.02 Å². The lowest BCUT2D eigenvalue weighted by Gasteiger charge is -2.05. The summed E-state index contributed by atoms with van der Waals surface area (Å²) in [5.41, 5.74) is 1.29. The molecule has 0 fully saturated rings. The van der Waals surface area contributed by atoms with Crippen LogP contribution in [0, 0.1) is 0 Å². The van der Waals surface area contributed by atoms with Crippen molar-refractivity contribution < 1.29 is 9.90 Å². The maximum atomic E-state index is 11.1. The van der Waals surface area contributed by atoms with Crippen molar-refractivity contribution in [2.24, 2.45) is 0 Å². The van der Waals surface area contributed by atoms with Crippen LogP contribution in [0.25, 0.3) is 0 Å². The molecule has 28 heavy (non-hydrogen) atoms. The molecule has 0 unspecified atom stereocenters. The van der Waals surface area contributed by atoms with Gasteiger partial charge in [-0.3, -0.25) is 0 Å². The molecule has 0 amide bonds. The number of aromatic carboxylic acids is 1. The Morgan fingerprint density at radius 1 is 0.750 bits per heavy atom. The SMILES string of the molecule is CCCCCCCCCCCCCCCCCCc1ccc(Cl)c(C(=O)O)c1. The number of carboxylic acid groups (broad SMARTS) is 1. The summed E-state index contributed by atoms with van der Waals surface area (Å²) >= 11 is 5.91. The molecule has 0 bridgehead atoms. The van der Waals surface area contributed by atoms with E-state index < -0.39 is 5.97 Å². The Labute approximate surface area is 178 Å². The molecule has 0 aliphatic rings. The average molecular weight is 409 g/mol. The van der Waals surface area contributed by atoms with Crippen molar-refractivity contribution in [3.63, 3.8) is 0 Å². The highest BCUT2D eigenvalue weighted by Crippen LogP contribution is 2.19. The zero-order chi connectivity index (χ0) is 20.5. The average Bonchev–Trinajstić information content (AvgIpc) is 2.68. The Bertz CT molecular complexity index is 527. The van der Waals surface area contributed by atoms with Gasteiger partial charge in [0.2, 0.25) is 0 Å². The van der Waals surface area contributed by atoms with Gasteiger partial charge in [0.05, 0.1) is 10.6 Å². The first-order valence-corrected chi connectivity index (χ1v) is 12.0. The number of hydrogen-bond donors (Lipinski definition) is 1. The standard InChI is InChI=1S/C25H41ClO2/c1-2-3-4-5-6-7-8-9-10-11-12-13-14-15-16-17-18-22-19-20-24(26)23(21-22)25(27)28/h19-21H,2-18H2,1H3,(H,27,28). The van der Waals surface area contributed by atoms with E-state index in [1.807, 2.05) is 6.07 Å². The molecular weight excluding hydrogens is 368 g/mol. The van der Waals surface area contributed by atoms with Crippen molar-refractivity contribution in [3.8, 4) is 0 Å². The predicted octanol–water partition coefficient (Wildman–Crippen LogP) is 8.84. The first-order valence-electron chi connectivity index (χ1n) is 11.7. The van der Waals surface area contributed by atoms with Crippen LogP contribution in [0.4, 0.5) is 0 Å². The molecule has 0 spiro atoms. The van der Waals surface area contributed by atoms with Crippen LogP contribution >= 0.6 is 11.6 Å². The predicted molar refractivity (Wildman–Crippen MR) is 122 cm³/mol. The van der Waals surface area contributed by atoms with Gasteiger partial charge >= 0.3 is 5.97 Å². The van der Waals surface area contributed by atoms with Gasteiger partial charge in [-0.25, -0.2) is 4.79 Å². The molecular formula is C25H41ClO2. The normalized spacial score (nSPS) is 11.1. The largest absolute Gasteiger partial charge is 0.478 e. The summed E-state index contributed by atoms with van der Waals surface area (Å²) in [5.74, 6) is -0.946. The number of carboxylic acids is 1. The van der Waals surface area contributed by atoms with Crippen LogP contribution in [-0.2, 0) is 6.42 Å². The number of carbonyl (C=O) groups is 1. The van der Waals surface area contributed by atoms with Crippen molar-refractivity contribution in [2.75, 3.05) is 0 Å². The maximum Gasteiger partial charge on any atom is 0.337 e. The summed E-state index contributed by atoms with van der Waals surface area (Å²) in [4.78, 5) is 11.1. The highest BCUT2D eigenvalue weighted by atomic mass is 35.5. The number of aryl methyl sites for hydroxylation is 1. The Balaban J connectivity index is 1.88. The fourth-order valence-corrected chi connectivity index (χ4v) is 3.97. The number of halogens is 1. The molecule has 1 rings (SSSR count). The molecule has 0 aromatic heterocycles. The lowest BCUT2D eigenvalue weighted by atomic mass is 10.0. The first kappa shape index (κ1) is 25.0. The van der Waals surface area contributed by atoms with Gasteiger partial charge in [-0.2, -0.15) is 0 Å². The van der Waals surface area contributed by atoms with E-state index in [0.717, 1.165) is 18.4 Å². The molecule has 0 radical (unpaired) electrons. The van der Waals surface area contributed by atoms with Crippen molar-refractivity contribution >= 4 is 17.6 Å². The van der Waals surface area contributed by atoms with Gasteiger partial charge in [-0.05, 0) is 30.5 Å². The Morgan fingerprint density at radius 2 is 1.18 bits per heavy atom. The summed E-state index contributed by atoms with van der Waals surface area (Å²) < 4.78 is 0. The second kappa shape index (κ2) is 16.9. The van der Waals surface area contributed by atoms with E-state index >= 15 is 0 Å². The van der Waals surface area contributed by atoms with Gasteiger partial charge in [0.1, 0.15) is 0 Å². The quantitative estimate of drug-likeness (QED) is 0.246. The van der Waals surface area contributed by atoms with Crippen LogP contribution < -0.4 is 0 Å². The zero-order valence-corrected chi connectivity index (χ0v) is 18.7. The lowest BCUT2D eigenvalue weighted by molar-refractivity contribution is 0.0697. The minimum Gasteiger partial charge on any atom is -0.478 e. The third-order valence-electron chi connectivity index (χ3n) is 5.58. The number of unbranched alkanes of at least 4 members (excludes halogenated alkanes) is 15. The topological polar surface area (TPSA) is 37.3 Å². The van der Waals surface area contributed by atoms with Crippen molar-refractivity contribution in [1.82, 2.24) is 0 Å². The Morgan fingerprint density at radius 3 is 1.61 bits per heavy atom. The highest BCUT2D eigenvalue weighted by Gasteiger charge is 2.09. The summed E-state index contributed by atoms with van der Waals surface area (Å²) in [6.07, 6.45) is 22.8. The zero-order valence-electron chi connectivity index (χ0n) is 18.0. The fourth-order valence-electron chi connectivity index (χ4n) is 3.77. The lowest BCUT2D eigenvalue weighted by Crippen LogP contribution is -1.99.